The van der Waals surface area contributed by atoms with E-state index in [2.05, 4.69) is 20.8 Å². The van der Waals surface area contributed by atoms with Gasteiger partial charge >= 0.3 is 0 Å². The lowest BCUT2D eigenvalue weighted by atomic mass is 10.4. The third kappa shape index (κ3) is 3.58. The van der Waals surface area contributed by atoms with Crippen molar-refractivity contribution in [3.8, 4) is 0 Å². The Morgan fingerprint density at radius 1 is 1.22 bits per heavy atom. The summed E-state index contributed by atoms with van der Waals surface area (Å²) in [6.07, 6.45) is 2.82. The molecule has 1 nitrogen and oxygen atoms in total. The predicted molar refractivity (Wildman–Crippen MR) is 49.8 cm³/mol. The maximum absolute atomic E-state index is 3.42. The molecule has 0 bridgehead atoms. The number of rotatable bonds is 2. The first-order valence-corrected chi connectivity index (χ1v) is 4.34. The summed E-state index contributed by atoms with van der Waals surface area (Å²) in [6, 6.07) is 0. The van der Waals surface area contributed by atoms with Crippen LogP contribution in [0.25, 0.3) is 0 Å². The standard InChI is InChI=1S/C6H12BrN.BrH/c7-3-6-8-4-1-2-5-8;/h1-6H2;1H. The first kappa shape index (κ1) is 9.92. The Kier molecular flexibility index (Phi) is 6.27. The quantitative estimate of drug-likeness (QED) is 0.686. The summed E-state index contributed by atoms with van der Waals surface area (Å²) in [6.45, 7) is 3.89. The molecule has 0 saturated carbocycles. The molecule has 0 amide bonds. The van der Waals surface area contributed by atoms with Gasteiger partial charge in [-0.2, -0.15) is 0 Å². The van der Waals surface area contributed by atoms with E-state index in [1.54, 1.807) is 0 Å². The van der Waals surface area contributed by atoms with E-state index in [4.69, 9.17) is 0 Å². The second-order valence-electron chi connectivity index (χ2n) is 2.24. The summed E-state index contributed by atoms with van der Waals surface area (Å²) in [5, 5.41) is 1.13. The highest BCUT2D eigenvalue weighted by Crippen LogP contribution is 2.06. The molecule has 1 aliphatic heterocycles. The van der Waals surface area contributed by atoms with Crippen molar-refractivity contribution in [2.45, 2.75) is 12.8 Å². The summed E-state index contributed by atoms with van der Waals surface area (Å²) in [5.74, 6) is 0. The minimum Gasteiger partial charge on any atom is -0.303 e. The maximum Gasteiger partial charge on any atom is 0.0159 e. The molecule has 1 heterocycles. The van der Waals surface area contributed by atoms with E-state index in [-0.39, 0.29) is 17.0 Å². The minimum atomic E-state index is 0. The molecule has 0 aromatic rings. The van der Waals surface area contributed by atoms with Crippen molar-refractivity contribution in [2.24, 2.45) is 0 Å². The molecule has 0 aromatic carbocycles. The van der Waals surface area contributed by atoms with Gasteiger partial charge in [0.15, 0.2) is 0 Å². The van der Waals surface area contributed by atoms with Gasteiger partial charge in [0.05, 0.1) is 0 Å². The molecule has 0 aromatic heterocycles. The lowest BCUT2D eigenvalue weighted by Gasteiger charge is -2.10. The molecule has 3 heteroatoms. The molecule has 0 atom stereocenters. The second-order valence-corrected chi connectivity index (χ2v) is 3.03. The van der Waals surface area contributed by atoms with Gasteiger partial charge in [0.25, 0.3) is 0 Å². The van der Waals surface area contributed by atoms with Crippen LogP contribution in [-0.4, -0.2) is 29.9 Å². The molecule has 1 saturated heterocycles. The zero-order valence-electron chi connectivity index (χ0n) is 5.48. The van der Waals surface area contributed by atoms with E-state index in [1.807, 2.05) is 0 Å². The molecule has 1 aliphatic rings. The Morgan fingerprint density at radius 3 is 2.22 bits per heavy atom. The first-order chi connectivity index (χ1) is 3.93. The summed E-state index contributed by atoms with van der Waals surface area (Å²) < 4.78 is 0. The summed E-state index contributed by atoms with van der Waals surface area (Å²) in [7, 11) is 0. The Morgan fingerprint density at radius 2 is 1.78 bits per heavy atom. The third-order valence-electron chi connectivity index (χ3n) is 1.60. The van der Waals surface area contributed by atoms with Crippen LogP contribution in [-0.2, 0) is 0 Å². The van der Waals surface area contributed by atoms with Crippen molar-refractivity contribution >= 4 is 32.9 Å². The van der Waals surface area contributed by atoms with Crippen LogP contribution in [0.3, 0.4) is 0 Å². The predicted octanol–water partition coefficient (Wildman–Crippen LogP) is 2.05. The van der Waals surface area contributed by atoms with Gasteiger partial charge in [0.1, 0.15) is 0 Å². The molecule has 1 fully saturated rings. The highest BCUT2D eigenvalue weighted by atomic mass is 79.9. The van der Waals surface area contributed by atoms with Crippen LogP contribution in [0.4, 0.5) is 0 Å². The first-order valence-electron chi connectivity index (χ1n) is 3.22. The average molecular weight is 259 g/mol. The van der Waals surface area contributed by atoms with Crippen LogP contribution in [0.15, 0.2) is 0 Å². The number of likely N-dealkylation sites (tertiary alicyclic amines) is 1. The number of alkyl halides is 1. The van der Waals surface area contributed by atoms with E-state index < -0.39 is 0 Å². The molecule has 0 spiro atoms. The van der Waals surface area contributed by atoms with Crippen molar-refractivity contribution in [3.63, 3.8) is 0 Å². The van der Waals surface area contributed by atoms with E-state index >= 15 is 0 Å². The Bertz CT molecular complexity index is 62.1. The van der Waals surface area contributed by atoms with Crippen molar-refractivity contribution < 1.29 is 0 Å². The van der Waals surface area contributed by atoms with Crippen LogP contribution in [0.5, 0.6) is 0 Å². The van der Waals surface area contributed by atoms with E-state index in [0.29, 0.717) is 0 Å². The molecule has 1 rings (SSSR count). The maximum atomic E-state index is 3.42. The summed E-state index contributed by atoms with van der Waals surface area (Å²) >= 11 is 3.42. The number of halogens is 2. The summed E-state index contributed by atoms with van der Waals surface area (Å²) in [5.41, 5.74) is 0. The Balaban J connectivity index is 0.000000640. The molecule has 0 unspecified atom stereocenters. The molecule has 0 aliphatic carbocycles. The van der Waals surface area contributed by atoms with Crippen molar-refractivity contribution in [3.05, 3.63) is 0 Å². The van der Waals surface area contributed by atoms with Crippen LogP contribution in [0, 0.1) is 0 Å². The molecule has 0 N–H and O–H groups in total. The normalized spacial score (nSPS) is 19.7. The van der Waals surface area contributed by atoms with Crippen molar-refractivity contribution in [1.82, 2.24) is 4.90 Å². The summed E-state index contributed by atoms with van der Waals surface area (Å²) in [4.78, 5) is 2.49. The molecule has 0 radical (unpaired) electrons. The monoisotopic (exact) mass is 257 g/mol. The van der Waals surface area contributed by atoms with Crippen LogP contribution < -0.4 is 0 Å². The van der Waals surface area contributed by atoms with Gasteiger partial charge in [0, 0.05) is 11.9 Å². The molecular weight excluding hydrogens is 246 g/mol. The van der Waals surface area contributed by atoms with Gasteiger partial charge in [-0.15, -0.1) is 17.0 Å². The smallest absolute Gasteiger partial charge is 0.0159 e. The highest BCUT2D eigenvalue weighted by Gasteiger charge is 2.08. The number of hydrogen-bond acceptors (Lipinski definition) is 1. The van der Waals surface area contributed by atoms with Crippen LogP contribution in [0.1, 0.15) is 12.8 Å². The van der Waals surface area contributed by atoms with E-state index in [0.717, 1.165) is 5.33 Å². The van der Waals surface area contributed by atoms with Gasteiger partial charge in [-0.25, -0.2) is 0 Å². The second kappa shape index (κ2) is 5.69. The fourth-order valence-electron chi connectivity index (χ4n) is 1.13. The molecule has 9 heavy (non-hydrogen) atoms. The van der Waals surface area contributed by atoms with E-state index in [1.165, 1.54) is 32.5 Å². The van der Waals surface area contributed by atoms with Gasteiger partial charge in [-0.3, -0.25) is 0 Å². The fraction of sp³-hybridized carbons (Fsp3) is 1.00. The van der Waals surface area contributed by atoms with Gasteiger partial charge < -0.3 is 4.90 Å². The minimum absolute atomic E-state index is 0. The van der Waals surface area contributed by atoms with E-state index in [9.17, 15) is 0 Å². The van der Waals surface area contributed by atoms with Crippen LogP contribution >= 0.6 is 32.9 Å². The average Bonchev–Trinajstić information content (AvgIpc) is 2.19. The fourth-order valence-corrected chi connectivity index (χ4v) is 1.63. The number of hydrogen-bond donors (Lipinski definition) is 0. The Hall–Kier alpha value is 0.920. The molecular formula is C6H13Br2N. The zero-order valence-corrected chi connectivity index (χ0v) is 8.78. The Labute approximate surface area is 75.7 Å². The van der Waals surface area contributed by atoms with Gasteiger partial charge in [0.2, 0.25) is 0 Å². The van der Waals surface area contributed by atoms with Crippen molar-refractivity contribution in [2.75, 3.05) is 25.0 Å². The van der Waals surface area contributed by atoms with Gasteiger partial charge in [-0.05, 0) is 25.9 Å². The lowest BCUT2D eigenvalue weighted by molar-refractivity contribution is 0.363. The van der Waals surface area contributed by atoms with Gasteiger partial charge in [-0.1, -0.05) is 15.9 Å². The van der Waals surface area contributed by atoms with Crippen LogP contribution in [0.2, 0.25) is 0 Å². The molecule has 56 valence electrons. The zero-order chi connectivity index (χ0) is 5.82. The van der Waals surface area contributed by atoms with Crippen molar-refractivity contribution in [1.29, 1.82) is 0 Å². The third-order valence-corrected chi connectivity index (χ3v) is 1.95. The highest BCUT2D eigenvalue weighted by molar-refractivity contribution is 9.09. The topological polar surface area (TPSA) is 3.24 Å². The largest absolute Gasteiger partial charge is 0.303 e. The SMILES string of the molecule is Br.BrCCN1CCCC1. The number of nitrogens with zero attached hydrogens (tertiary/aromatic N) is 1. The lowest BCUT2D eigenvalue weighted by Crippen LogP contribution is -2.20.